The van der Waals surface area contributed by atoms with E-state index in [0.717, 1.165) is 42.4 Å². The van der Waals surface area contributed by atoms with E-state index in [2.05, 4.69) is 17.1 Å². The first kappa shape index (κ1) is 23.9. The molecule has 0 saturated carbocycles. The number of hydrogen-bond donors (Lipinski definition) is 1. The summed E-state index contributed by atoms with van der Waals surface area (Å²) in [4.78, 5) is 19.2. The van der Waals surface area contributed by atoms with Gasteiger partial charge in [-0.1, -0.05) is 42.5 Å². The molecule has 2 N–H and O–H groups in total. The summed E-state index contributed by atoms with van der Waals surface area (Å²) in [5.74, 6) is -0.0631. The number of aryl methyl sites for hydroxylation is 2. The van der Waals surface area contributed by atoms with Crippen molar-refractivity contribution in [3.05, 3.63) is 101 Å². The van der Waals surface area contributed by atoms with E-state index in [9.17, 15) is 9.18 Å². The lowest BCUT2D eigenvalue weighted by Gasteiger charge is -2.32. The van der Waals surface area contributed by atoms with Gasteiger partial charge >= 0.3 is 0 Å². The maximum Gasteiger partial charge on any atom is 0.255 e. The van der Waals surface area contributed by atoms with Gasteiger partial charge in [0, 0.05) is 32.0 Å². The van der Waals surface area contributed by atoms with Crippen LogP contribution in [0.3, 0.4) is 0 Å². The summed E-state index contributed by atoms with van der Waals surface area (Å²) in [5, 5.41) is 0. The predicted molar refractivity (Wildman–Crippen MR) is 128 cm³/mol. The van der Waals surface area contributed by atoms with E-state index in [1.165, 1.54) is 11.6 Å². The average Bonchev–Trinajstić information content (AvgIpc) is 2.83. The van der Waals surface area contributed by atoms with Gasteiger partial charge in [0.1, 0.15) is 5.82 Å². The molecule has 0 bridgehead atoms. The number of piperidine rings is 1. The summed E-state index contributed by atoms with van der Waals surface area (Å²) in [6.07, 6.45) is 6.73. The number of amides is 1. The maximum atomic E-state index is 14.3. The van der Waals surface area contributed by atoms with Crippen LogP contribution in [0.4, 0.5) is 4.39 Å². The molecule has 32 heavy (non-hydrogen) atoms. The van der Waals surface area contributed by atoms with Gasteiger partial charge in [0.15, 0.2) is 0 Å². The first-order chi connectivity index (χ1) is 15.1. The van der Waals surface area contributed by atoms with E-state index in [1.807, 2.05) is 41.4 Å². The van der Waals surface area contributed by atoms with Gasteiger partial charge < -0.3 is 10.6 Å². The van der Waals surface area contributed by atoms with E-state index < -0.39 is 0 Å². The van der Waals surface area contributed by atoms with Crippen LogP contribution in [0.5, 0.6) is 0 Å². The normalized spacial score (nSPS) is 14.1. The van der Waals surface area contributed by atoms with Crippen molar-refractivity contribution in [3.63, 3.8) is 0 Å². The van der Waals surface area contributed by atoms with Crippen molar-refractivity contribution in [2.24, 2.45) is 5.73 Å². The Labute approximate surface area is 195 Å². The Hall–Kier alpha value is -2.76. The molecule has 2 heterocycles. The van der Waals surface area contributed by atoms with Crippen molar-refractivity contribution in [1.29, 1.82) is 0 Å². The number of benzene rings is 2. The van der Waals surface area contributed by atoms with Crippen molar-refractivity contribution in [2.75, 3.05) is 13.1 Å². The number of carbonyl (C=O) groups is 1. The highest BCUT2D eigenvalue weighted by Crippen LogP contribution is 2.31. The van der Waals surface area contributed by atoms with Crippen LogP contribution in [0.1, 0.15) is 51.4 Å². The molecular formula is C26H29ClFN3O. The van der Waals surface area contributed by atoms with Crippen LogP contribution in [0, 0.1) is 5.82 Å². The molecule has 1 aromatic heterocycles. The maximum absolute atomic E-state index is 14.3. The fourth-order valence-corrected chi connectivity index (χ4v) is 4.28. The monoisotopic (exact) mass is 453 g/mol. The summed E-state index contributed by atoms with van der Waals surface area (Å²) in [6.45, 7) is 1.63. The number of carbonyl (C=O) groups excluding carboxylic acids is 1. The van der Waals surface area contributed by atoms with Crippen LogP contribution in [-0.4, -0.2) is 28.9 Å². The van der Waals surface area contributed by atoms with E-state index in [4.69, 9.17) is 5.73 Å². The van der Waals surface area contributed by atoms with Crippen LogP contribution in [0.25, 0.3) is 0 Å². The smallest absolute Gasteiger partial charge is 0.255 e. The minimum Gasteiger partial charge on any atom is -0.339 e. The fraction of sp³-hybridized carbons (Fsp3) is 0.308. The molecule has 4 rings (SSSR count). The number of nitrogens with two attached hydrogens (primary N) is 1. The highest BCUT2D eigenvalue weighted by Gasteiger charge is 2.26. The third kappa shape index (κ3) is 5.72. The van der Waals surface area contributed by atoms with Crippen LogP contribution < -0.4 is 5.73 Å². The van der Waals surface area contributed by atoms with Crippen LogP contribution >= 0.6 is 12.4 Å². The number of nitrogens with zero attached hydrogens (tertiary/aromatic N) is 2. The summed E-state index contributed by atoms with van der Waals surface area (Å²) < 4.78 is 14.3. The first-order valence-electron chi connectivity index (χ1n) is 10.9. The molecular weight excluding hydrogens is 425 g/mol. The average molecular weight is 454 g/mol. The zero-order valence-corrected chi connectivity index (χ0v) is 18.9. The Morgan fingerprint density at radius 2 is 1.69 bits per heavy atom. The molecule has 6 heteroatoms. The molecule has 168 valence electrons. The second-order valence-corrected chi connectivity index (χ2v) is 8.19. The largest absolute Gasteiger partial charge is 0.339 e. The summed E-state index contributed by atoms with van der Waals surface area (Å²) in [7, 11) is 0. The molecule has 1 saturated heterocycles. The van der Waals surface area contributed by atoms with Crippen molar-refractivity contribution in [3.8, 4) is 0 Å². The Kier molecular flexibility index (Phi) is 8.37. The molecule has 0 spiro atoms. The second-order valence-electron chi connectivity index (χ2n) is 8.19. The summed E-state index contributed by atoms with van der Waals surface area (Å²) in [6, 6.07) is 17.4. The number of aromatic nitrogens is 1. The molecule has 3 aromatic rings. The fourth-order valence-electron chi connectivity index (χ4n) is 4.28. The van der Waals surface area contributed by atoms with Crippen molar-refractivity contribution in [1.82, 2.24) is 9.88 Å². The van der Waals surface area contributed by atoms with Gasteiger partial charge in [-0.3, -0.25) is 9.78 Å². The van der Waals surface area contributed by atoms with Crippen LogP contribution in [-0.2, 0) is 19.4 Å². The Morgan fingerprint density at radius 3 is 2.41 bits per heavy atom. The van der Waals surface area contributed by atoms with E-state index in [1.54, 1.807) is 12.3 Å². The zero-order valence-electron chi connectivity index (χ0n) is 18.0. The number of hydrogen-bond acceptors (Lipinski definition) is 3. The molecule has 1 fully saturated rings. The highest BCUT2D eigenvalue weighted by atomic mass is 35.5. The highest BCUT2D eigenvalue weighted by molar-refractivity contribution is 5.94. The molecule has 0 atom stereocenters. The van der Waals surface area contributed by atoms with Crippen LogP contribution in [0.2, 0.25) is 0 Å². The molecule has 2 aromatic carbocycles. The van der Waals surface area contributed by atoms with Gasteiger partial charge in [-0.25, -0.2) is 4.39 Å². The van der Waals surface area contributed by atoms with Gasteiger partial charge in [0.05, 0.1) is 5.56 Å². The van der Waals surface area contributed by atoms with Gasteiger partial charge in [-0.05, 0) is 66.0 Å². The lowest BCUT2D eigenvalue weighted by Crippen LogP contribution is -2.38. The molecule has 0 radical (unpaired) electrons. The first-order valence-corrected chi connectivity index (χ1v) is 10.9. The molecule has 1 amide bonds. The third-order valence-electron chi connectivity index (χ3n) is 6.11. The minimum atomic E-state index is -0.183. The molecule has 0 aliphatic carbocycles. The minimum absolute atomic E-state index is 0. The standard InChI is InChI=1S/C26H28FN3O.ClH/c27-25-9-8-20(16-28)15-24(25)22-10-12-30(13-11-22)26(31)23-14-21(17-29-18-23)7-6-19-4-2-1-3-5-19;/h1-5,8-9,14-15,17-18,22H,6-7,10-13,16,28H2;1H. The van der Waals surface area contributed by atoms with E-state index >= 15 is 0 Å². The van der Waals surface area contributed by atoms with Crippen molar-refractivity contribution in [2.45, 2.75) is 38.1 Å². The van der Waals surface area contributed by atoms with E-state index in [-0.39, 0.29) is 30.0 Å². The SMILES string of the molecule is Cl.NCc1ccc(F)c(C2CCN(C(=O)c3cncc(CCc4ccccc4)c3)CC2)c1. The molecule has 1 aliphatic rings. The lowest BCUT2D eigenvalue weighted by atomic mass is 9.88. The second kappa shape index (κ2) is 11.2. The Bertz CT molecular complexity index is 1040. The number of rotatable bonds is 6. The van der Waals surface area contributed by atoms with E-state index in [0.29, 0.717) is 25.2 Å². The lowest BCUT2D eigenvalue weighted by molar-refractivity contribution is 0.0712. The summed E-state index contributed by atoms with van der Waals surface area (Å²) >= 11 is 0. The van der Waals surface area contributed by atoms with Crippen molar-refractivity contribution >= 4 is 18.3 Å². The van der Waals surface area contributed by atoms with Gasteiger partial charge in [0.25, 0.3) is 5.91 Å². The number of likely N-dealkylation sites (tertiary alicyclic amines) is 1. The van der Waals surface area contributed by atoms with Gasteiger partial charge in [-0.15, -0.1) is 12.4 Å². The number of pyridine rings is 1. The molecule has 4 nitrogen and oxygen atoms in total. The Balaban J connectivity index is 0.00000289. The number of halogens is 2. The van der Waals surface area contributed by atoms with Gasteiger partial charge in [-0.2, -0.15) is 0 Å². The summed E-state index contributed by atoms with van der Waals surface area (Å²) in [5.41, 5.74) is 10.3. The van der Waals surface area contributed by atoms with Gasteiger partial charge in [0.2, 0.25) is 0 Å². The third-order valence-corrected chi connectivity index (χ3v) is 6.11. The zero-order chi connectivity index (χ0) is 21.6. The molecule has 1 aliphatic heterocycles. The topological polar surface area (TPSA) is 59.2 Å². The Morgan fingerprint density at radius 1 is 0.969 bits per heavy atom. The predicted octanol–water partition coefficient (Wildman–Crippen LogP) is 4.91. The quantitative estimate of drug-likeness (QED) is 0.577. The molecule has 0 unspecified atom stereocenters. The van der Waals surface area contributed by atoms with Crippen LogP contribution in [0.15, 0.2) is 67.0 Å². The van der Waals surface area contributed by atoms with Crippen molar-refractivity contribution < 1.29 is 9.18 Å².